The Hall–Kier alpha value is -2.48. The van der Waals surface area contributed by atoms with Crippen molar-refractivity contribution in [3.05, 3.63) is 70.3 Å². The molecule has 0 aliphatic rings. The zero-order valence-electron chi connectivity index (χ0n) is 12.8. The van der Waals surface area contributed by atoms with E-state index in [0.717, 1.165) is 36.4 Å². The molecule has 1 amide bonds. The number of para-hydroxylation sites is 1. The summed E-state index contributed by atoms with van der Waals surface area (Å²) in [5.74, 6) is -0.926. The van der Waals surface area contributed by atoms with Crippen LogP contribution in [0.2, 0.25) is 5.02 Å². The van der Waals surface area contributed by atoms with Crippen LogP contribution in [-0.4, -0.2) is 5.91 Å². The van der Waals surface area contributed by atoms with E-state index in [1.54, 1.807) is 0 Å². The molecule has 2 rings (SSSR count). The first-order chi connectivity index (χ1) is 12.0. The van der Waals surface area contributed by atoms with Crippen LogP contribution < -0.4 is 5.32 Å². The maximum atomic E-state index is 12.9. The number of hydrogen-bond acceptors (Lipinski definition) is 1. The van der Waals surface area contributed by atoms with E-state index in [9.17, 15) is 31.1 Å². The highest BCUT2D eigenvalue weighted by Gasteiger charge is 2.34. The summed E-state index contributed by atoms with van der Waals surface area (Å²) in [5.41, 5.74) is -2.56. The molecule has 0 heterocycles. The summed E-state index contributed by atoms with van der Waals surface area (Å²) >= 11 is 5.48. The summed E-state index contributed by atoms with van der Waals surface area (Å²) < 4.78 is 76.9. The maximum absolute atomic E-state index is 12.9. The third-order valence-electron chi connectivity index (χ3n) is 3.21. The minimum Gasteiger partial charge on any atom is -0.322 e. The van der Waals surface area contributed by atoms with Crippen molar-refractivity contribution in [3.63, 3.8) is 0 Å². The summed E-state index contributed by atoms with van der Waals surface area (Å²) in [4.78, 5) is 11.8. The fourth-order valence-corrected chi connectivity index (χ4v) is 2.27. The average molecular weight is 394 g/mol. The molecule has 138 valence electrons. The summed E-state index contributed by atoms with van der Waals surface area (Å²) in [6, 6.07) is 7.33. The van der Waals surface area contributed by atoms with E-state index in [1.165, 1.54) is 18.2 Å². The maximum Gasteiger partial charge on any atom is 0.418 e. The van der Waals surface area contributed by atoms with Crippen LogP contribution in [0.1, 0.15) is 16.7 Å². The van der Waals surface area contributed by atoms with Gasteiger partial charge in [0.15, 0.2) is 0 Å². The number of halogens is 7. The Bertz CT molecular complexity index is 842. The van der Waals surface area contributed by atoms with E-state index < -0.39 is 40.1 Å². The van der Waals surface area contributed by atoms with E-state index in [1.807, 2.05) is 5.32 Å². The number of hydrogen-bond donors (Lipinski definition) is 1. The molecule has 1 N–H and O–H groups in total. The summed E-state index contributed by atoms with van der Waals surface area (Å²) in [5, 5.41) is 1.55. The molecule has 2 nitrogen and oxygen atoms in total. The van der Waals surface area contributed by atoms with Crippen molar-refractivity contribution in [2.75, 3.05) is 5.32 Å². The molecule has 0 fully saturated rings. The van der Waals surface area contributed by atoms with Gasteiger partial charge in [-0.15, -0.1) is 0 Å². The standard InChI is InChI=1S/C17H10ClF6NO/c18-13-7-5-10(9-12(13)17(22,23)24)6-8-15(26)25-14-4-2-1-3-11(14)16(19,20)21/h1-9H,(H,25,26)/b8-6+. The molecular formula is C17H10ClF6NO. The van der Waals surface area contributed by atoms with Crippen molar-refractivity contribution in [1.82, 2.24) is 0 Å². The smallest absolute Gasteiger partial charge is 0.322 e. The van der Waals surface area contributed by atoms with Crippen LogP contribution >= 0.6 is 11.6 Å². The average Bonchev–Trinajstić information content (AvgIpc) is 2.52. The zero-order valence-corrected chi connectivity index (χ0v) is 13.5. The van der Waals surface area contributed by atoms with Crippen molar-refractivity contribution in [3.8, 4) is 0 Å². The minimum absolute atomic E-state index is 0.0148. The molecule has 0 aromatic heterocycles. The molecule has 2 aromatic rings. The predicted octanol–water partition coefficient (Wildman–Crippen LogP) is 6.03. The van der Waals surface area contributed by atoms with Crippen molar-refractivity contribution < 1.29 is 31.1 Å². The quantitative estimate of drug-likeness (QED) is 0.500. The van der Waals surface area contributed by atoms with Gasteiger partial charge in [-0.2, -0.15) is 26.3 Å². The minimum atomic E-state index is -4.67. The lowest BCUT2D eigenvalue weighted by Crippen LogP contribution is -2.14. The lowest BCUT2D eigenvalue weighted by molar-refractivity contribution is -0.138. The molecular weight excluding hydrogens is 384 g/mol. The second kappa shape index (κ2) is 7.41. The zero-order chi connectivity index (χ0) is 19.5. The van der Waals surface area contributed by atoms with Crippen LogP contribution in [0.5, 0.6) is 0 Å². The molecule has 0 bridgehead atoms. The highest BCUT2D eigenvalue weighted by Crippen LogP contribution is 2.36. The first-order valence-corrected chi connectivity index (χ1v) is 7.38. The van der Waals surface area contributed by atoms with Crippen LogP contribution in [-0.2, 0) is 17.1 Å². The molecule has 0 atom stereocenters. The van der Waals surface area contributed by atoms with Gasteiger partial charge < -0.3 is 5.32 Å². The van der Waals surface area contributed by atoms with Crippen molar-refractivity contribution in [1.29, 1.82) is 0 Å². The van der Waals surface area contributed by atoms with Crippen LogP contribution in [0.3, 0.4) is 0 Å². The molecule has 0 aliphatic heterocycles. The Balaban J connectivity index is 2.19. The molecule has 0 saturated heterocycles. The van der Waals surface area contributed by atoms with Gasteiger partial charge in [0.05, 0.1) is 21.8 Å². The first-order valence-electron chi connectivity index (χ1n) is 7.00. The molecule has 9 heteroatoms. The number of anilines is 1. The van der Waals surface area contributed by atoms with E-state index in [2.05, 4.69) is 0 Å². The lowest BCUT2D eigenvalue weighted by atomic mass is 10.1. The fraction of sp³-hybridized carbons (Fsp3) is 0.118. The van der Waals surface area contributed by atoms with Gasteiger partial charge >= 0.3 is 12.4 Å². The molecule has 0 aliphatic carbocycles. The number of nitrogens with one attached hydrogen (secondary N) is 1. The SMILES string of the molecule is O=C(/C=C/c1ccc(Cl)c(C(F)(F)F)c1)Nc1ccccc1C(F)(F)F. The predicted molar refractivity (Wildman–Crippen MR) is 85.6 cm³/mol. The number of amides is 1. The van der Waals surface area contributed by atoms with Gasteiger partial charge in [0, 0.05) is 6.08 Å². The number of benzene rings is 2. The molecule has 0 saturated carbocycles. The Morgan fingerprint density at radius 2 is 1.54 bits per heavy atom. The Morgan fingerprint density at radius 1 is 0.923 bits per heavy atom. The topological polar surface area (TPSA) is 29.1 Å². The highest BCUT2D eigenvalue weighted by atomic mass is 35.5. The number of rotatable bonds is 3. The lowest BCUT2D eigenvalue weighted by Gasteiger charge is -2.12. The van der Waals surface area contributed by atoms with Gasteiger partial charge in [-0.05, 0) is 35.9 Å². The number of carbonyl (C=O) groups is 1. The van der Waals surface area contributed by atoms with Crippen molar-refractivity contribution >= 4 is 29.3 Å². The molecule has 2 aromatic carbocycles. The Kier molecular flexibility index (Phi) is 5.65. The monoisotopic (exact) mass is 393 g/mol. The Labute approximate surface area is 149 Å². The fourth-order valence-electron chi connectivity index (χ4n) is 2.05. The normalized spacial score (nSPS) is 12.4. The third kappa shape index (κ3) is 5.01. The van der Waals surface area contributed by atoms with Crippen LogP contribution in [0.4, 0.5) is 32.0 Å². The molecule has 0 radical (unpaired) electrons. The van der Waals surface area contributed by atoms with Crippen LogP contribution in [0.15, 0.2) is 48.5 Å². The molecule has 0 spiro atoms. The summed E-state index contributed by atoms with van der Waals surface area (Å²) in [6.07, 6.45) is -7.46. The van der Waals surface area contributed by atoms with Gasteiger partial charge in [-0.25, -0.2) is 0 Å². The number of alkyl halides is 6. The summed E-state index contributed by atoms with van der Waals surface area (Å²) in [7, 11) is 0. The van der Waals surface area contributed by atoms with E-state index >= 15 is 0 Å². The highest BCUT2D eigenvalue weighted by molar-refractivity contribution is 6.31. The van der Waals surface area contributed by atoms with Gasteiger partial charge in [0.1, 0.15) is 0 Å². The second-order valence-electron chi connectivity index (χ2n) is 5.10. The van der Waals surface area contributed by atoms with Gasteiger partial charge in [0.2, 0.25) is 5.91 Å². The van der Waals surface area contributed by atoms with E-state index in [0.29, 0.717) is 0 Å². The van der Waals surface area contributed by atoms with Crippen molar-refractivity contribution in [2.24, 2.45) is 0 Å². The van der Waals surface area contributed by atoms with Crippen LogP contribution in [0, 0.1) is 0 Å². The second-order valence-corrected chi connectivity index (χ2v) is 5.51. The molecule has 0 unspecified atom stereocenters. The van der Waals surface area contributed by atoms with Gasteiger partial charge in [0.25, 0.3) is 0 Å². The first kappa shape index (κ1) is 19.8. The van der Waals surface area contributed by atoms with Gasteiger partial charge in [-0.1, -0.05) is 29.8 Å². The van der Waals surface area contributed by atoms with Crippen LogP contribution in [0.25, 0.3) is 6.08 Å². The van der Waals surface area contributed by atoms with E-state index in [-0.39, 0.29) is 5.56 Å². The largest absolute Gasteiger partial charge is 0.418 e. The summed E-state index contributed by atoms with van der Waals surface area (Å²) in [6.45, 7) is 0. The molecule has 26 heavy (non-hydrogen) atoms. The third-order valence-corrected chi connectivity index (χ3v) is 3.54. The van der Waals surface area contributed by atoms with E-state index in [4.69, 9.17) is 11.6 Å². The number of carbonyl (C=O) groups excluding carboxylic acids is 1. The van der Waals surface area contributed by atoms with Crippen molar-refractivity contribution in [2.45, 2.75) is 12.4 Å². The Morgan fingerprint density at radius 3 is 2.15 bits per heavy atom. The van der Waals surface area contributed by atoms with Gasteiger partial charge in [-0.3, -0.25) is 4.79 Å².